The summed E-state index contributed by atoms with van der Waals surface area (Å²) in [6.07, 6.45) is 1.29. The van der Waals surface area contributed by atoms with Gasteiger partial charge in [-0.3, -0.25) is 14.9 Å². The van der Waals surface area contributed by atoms with Gasteiger partial charge in [0.25, 0.3) is 11.6 Å². The molecule has 0 bridgehead atoms. The lowest BCUT2D eigenvalue weighted by atomic mass is 10.1. The summed E-state index contributed by atoms with van der Waals surface area (Å²) < 4.78 is 5.15. The highest BCUT2D eigenvalue weighted by atomic mass is 35.5. The van der Waals surface area contributed by atoms with Gasteiger partial charge in [0.1, 0.15) is 10.5 Å². The van der Waals surface area contributed by atoms with Crippen molar-refractivity contribution in [3.63, 3.8) is 0 Å². The number of hydrogen-bond donors (Lipinski definition) is 1. The van der Waals surface area contributed by atoms with Crippen molar-refractivity contribution in [2.45, 2.75) is 6.92 Å². The number of aryl methyl sites for hydroxylation is 1. The molecule has 0 aliphatic carbocycles. The number of halogens is 1. The van der Waals surface area contributed by atoms with Gasteiger partial charge >= 0.3 is 0 Å². The van der Waals surface area contributed by atoms with Gasteiger partial charge < -0.3 is 9.73 Å². The molecule has 8 heteroatoms. The Morgan fingerprint density at radius 2 is 2.13 bits per heavy atom. The van der Waals surface area contributed by atoms with E-state index in [9.17, 15) is 14.9 Å². The van der Waals surface area contributed by atoms with Crippen LogP contribution >= 0.6 is 11.6 Å². The summed E-state index contributed by atoms with van der Waals surface area (Å²) in [6, 6.07) is 7.49. The number of amides is 1. The molecule has 1 heterocycles. The van der Waals surface area contributed by atoms with Crippen molar-refractivity contribution in [1.82, 2.24) is 4.98 Å². The van der Waals surface area contributed by atoms with Gasteiger partial charge in [0, 0.05) is 11.6 Å². The number of rotatable bonds is 3. The molecule has 23 heavy (non-hydrogen) atoms. The predicted octanol–water partition coefficient (Wildman–Crippen LogP) is 3.95. The fourth-order valence-electron chi connectivity index (χ4n) is 2.13. The maximum atomic E-state index is 12.3. The number of oxazole rings is 1. The second kappa shape index (κ2) is 5.69. The topological polar surface area (TPSA) is 98.3 Å². The summed E-state index contributed by atoms with van der Waals surface area (Å²) in [5.74, 6) is -0.414. The molecule has 0 unspecified atom stereocenters. The molecule has 0 spiro atoms. The van der Waals surface area contributed by atoms with Crippen molar-refractivity contribution < 1.29 is 14.1 Å². The van der Waals surface area contributed by atoms with E-state index in [1.54, 1.807) is 25.1 Å². The van der Waals surface area contributed by atoms with E-state index in [2.05, 4.69) is 10.3 Å². The number of benzene rings is 2. The molecule has 116 valence electrons. The van der Waals surface area contributed by atoms with Gasteiger partial charge in [-0.1, -0.05) is 11.6 Å². The van der Waals surface area contributed by atoms with Crippen LogP contribution in [0.3, 0.4) is 0 Å². The van der Waals surface area contributed by atoms with Gasteiger partial charge in [0.05, 0.1) is 10.6 Å². The molecular weight excluding hydrogens is 322 g/mol. The summed E-state index contributed by atoms with van der Waals surface area (Å²) in [5.41, 5.74) is 2.15. The minimum atomic E-state index is -0.599. The van der Waals surface area contributed by atoms with Gasteiger partial charge in [-0.25, -0.2) is 4.98 Å². The average Bonchev–Trinajstić information content (AvgIpc) is 2.96. The van der Waals surface area contributed by atoms with Crippen LogP contribution in [-0.2, 0) is 0 Å². The van der Waals surface area contributed by atoms with Crippen molar-refractivity contribution in [2.24, 2.45) is 0 Å². The summed E-state index contributed by atoms with van der Waals surface area (Å²) in [7, 11) is 0. The maximum absolute atomic E-state index is 12.3. The Morgan fingerprint density at radius 3 is 2.87 bits per heavy atom. The Balaban J connectivity index is 1.93. The maximum Gasteiger partial charge on any atom is 0.289 e. The highest BCUT2D eigenvalue weighted by Crippen LogP contribution is 2.31. The summed E-state index contributed by atoms with van der Waals surface area (Å²) in [5, 5.41) is 13.6. The molecule has 0 aliphatic rings. The number of anilines is 1. The zero-order valence-corrected chi connectivity index (χ0v) is 12.6. The van der Waals surface area contributed by atoms with Crippen molar-refractivity contribution in [2.75, 3.05) is 5.32 Å². The molecular formula is C15H10ClN3O4. The van der Waals surface area contributed by atoms with Crippen LogP contribution in [0, 0.1) is 17.0 Å². The number of aromatic nitrogens is 1. The second-order valence-electron chi connectivity index (χ2n) is 4.86. The molecule has 1 amide bonds. The van der Waals surface area contributed by atoms with Crippen LogP contribution in [-0.4, -0.2) is 15.8 Å². The minimum absolute atomic E-state index is 0.0218. The SMILES string of the molecule is Cc1cc(Cl)c([N+](=O)[O-])cc1NC(=O)c1ccc2ncoc2c1. The first kappa shape index (κ1) is 15.0. The lowest BCUT2D eigenvalue weighted by molar-refractivity contribution is -0.384. The Labute approximate surface area is 135 Å². The quantitative estimate of drug-likeness (QED) is 0.578. The molecule has 3 rings (SSSR count). The van der Waals surface area contributed by atoms with Crippen molar-refractivity contribution >= 4 is 40.0 Å². The number of nitrogens with one attached hydrogen (secondary N) is 1. The second-order valence-corrected chi connectivity index (χ2v) is 5.27. The summed E-state index contributed by atoms with van der Waals surface area (Å²) in [4.78, 5) is 26.6. The van der Waals surface area contributed by atoms with E-state index in [1.807, 2.05) is 0 Å². The van der Waals surface area contributed by atoms with E-state index >= 15 is 0 Å². The van der Waals surface area contributed by atoms with E-state index in [-0.39, 0.29) is 10.7 Å². The fourth-order valence-corrected chi connectivity index (χ4v) is 2.41. The van der Waals surface area contributed by atoms with Crippen LogP contribution in [0.25, 0.3) is 11.1 Å². The molecule has 7 nitrogen and oxygen atoms in total. The first-order chi connectivity index (χ1) is 11.0. The number of fused-ring (bicyclic) bond motifs is 1. The number of carbonyl (C=O) groups excluding carboxylic acids is 1. The van der Waals surface area contributed by atoms with Gasteiger partial charge in [0.2, 0.25) is 0 Å². The Hall–Kier alpha value is -2.93. The molecule has 1 aromatic heterocycles. The number of nitro groups is 1. The third-order valence-electron chi connectivity index (χ3n) is 3.33. The average molecular weight is 332 g/mol. The van der Waals surface area contributed by atoms with Gasteiger partial charge in [-0.2, -0.15) is 0 Å². The molecule has 0 atom stereocenters. The Kier molecular flexibility index (Phi) is 3.71. The van der Waals surface area contributed by atoms with E-state index in [0.717, 1.165) is 0 Å². The number of carbonyl (C=O) groups is 1. The molecule has 3 aromatic rings. The van der Waals surface area contributed by atoms with E-state index in [1.165, 1.54) is 18.5 Å². The highest BCUT2D eigenvalue weighted by molar-refractivity contribution is 6.32. The number of nitrogens with zero attached hydrogens (tertiary/aromatic N) is 2. The monoisotopic (exact) mass is 331 g/mol. The summed E-state index contributed by atoms with van der Waals surface area (Å²) in [6.45, 7) is 1.70. The third kappa shape index (κ3) is 2.86. The Morgan fingerprint density at radius 1 is 1.35 bits per heavy atom. The third-order valence-corrected chi connectivity index (χ3v) is 3.63. The summed E-state index contributed by atoms with van der Waals surface area (Å²) >= 11 is 5.83. The smallest absolute Gasteiger partial charge is 0.289 e. The first-order valence-corrected chi connectivity index (χ1v) is 6.92. The van der Waals surface area contributed by atoms with Crippen LogP contribution in [0.15, 0.2) is 41.1 Å². The van der Waals surface area contributed by atoms with Gasteiger partial charge in [0.15, 0.2) is 12.0 Å². The van der Waals surface area contributed by atoms with E-state index in [0.29, 0.717) is 27.9 Å². The standard InChI is InChI=1S/C15H10ClN3O4/c1-8-4-10(16)13(19(21)22)6-12(8)18-15(20)9-2-3-11-14(5-9)23-7-17-11/h2-7H,1H3,(H,18,20). The lowest BCUT2D eigenvalue weighted by Crippen LogP contribution is -2.13. The molecule has 0 aliphatic heterocycles. The van der Waals surface area contributed by atoms with Crippen LogP contribution in [0.1, 0.15) is 15.9 Å². The molecule has 0 saturated carbocycles. The minimum Gasteiger partial charge on any atom is -0.443 e. The van der Waals surface area contributed by atoms with Crippen LogP contribution in [0.4, 0.5) is 11.4 Å². The molecule has 0 saturated heterocycles. The molecule has 2 aromatic carbocycles. The first-order valence-electron chi connectivity index (χ1n) is 6.55. The largest absolute Gasteiger partial charge is 0.443 e. The molecule has 0 radical (unpaired) electrons. The normalized spacial score (nSPS) is 10.7. The van der Waals surface area contributed by atoms with Crippen molar-refractivity contribution in [1.29, 1.82) is 0 Å². The van der Waals surface area contributed by atoms with Gasteiger partial charge in [-0.15, -0.1) is 0 Å². The lowest BCUT2D eigenvalue weighted by Gasteiger charge is -2.09. The van der Waals surface area contributed by atoms with E-state index in [4.69, 9.17) is 16.0 Å². The molecule has 0 fully saturated rings. The van der Waals surface area contributed by atoms with Gasteiger partial charge in [-0.05, 0) is 36.8 Å². The van der Waals surface area contributed by atoms with Crippen LogP contribution in [0.2, 0.25) is 5.02 Å². The van der Waals surface area contributed by atoms with Crippen molar-refractivity contribution in [3.05, 3.63) is 63.0 Å². The highest BCUT2D eigenvalue weighted by Gasteiger charge is 2.17. The number of hydrogen-bond acceptors (Lipinski definition) is 5. The number of nitro benzene ring substituents is 1. The van der Waals surface area contributed by atoms with E-state index < -0.39 is 10.8 Å². The van der Waals surface area contributed by atoms with Crippen LogP contribution < -0.4 is 5.32 Å². The van der Waals surface area contributed by atoms with Crippen LogP contribution in [0.5, 0.6) is 0 Å². The Bertz CT molecular complexity index is 936. The van der Waals surface area contributed by atoms with Crippen molar-refractivity contribution in [3.8, 4) is 0 Å². The molecule has 1 N–H and O–H groups in total. The zero-order chi connectivity index (χ0) is 16.6. The predicted molar refractivity (Wildman–Crippen MR) is 84.8 cm³/mol. The zero-order valence-electron chi connectivity index (χ0n) is 11.9. The fraction of sp³-hybridized carbons (Fsp3) is 0.0667.